The van der Waals surface area contributed by atoms with Crippen LogP contribution in [0.4, 0.5) is 0 Å². The maximum atomic E-state index is 11.7. The van der Waals surface area contributed by atoms with E-state index in [1.165, 1.54) is 13.2 Å². The molecular weight excluding hydrogens is 236 g/mol. The third-order valence-corrected chi connectivity index (χ3v) is 2.38. The van der Waals surface area contributed by atoms with Crippen LogP contribution in [0.1, 0.15) is 13.8 Å². The normalized spacial score (nSPS) is 10.9. The first-order valence-electron chi connectivity index (χ1n) is 5.54. The topological polar surface area (TPSA) is 68.9 Å². The Morgan fingerprint density at radius 1 is 1.28 bits per heavy atom. The van der Waals surface area contributed by atoms with Crippen LogP contribution >= 0.6 is 0 Å². The van der Waals surface area contributed by atoms with Crippen molar-refractivity contribution in [2.24, 2.45) is 0 Å². The molecule has 5 heteroatoms. The molecule has 0 bridgehead atoms. The fraction of sp³-hybridized carbons (Fsp3) is 0.308. The maximum absolute atomic E-state index is 11.7. The van der Waals surface area contributed by atoms with Crippen LogP contribution in [0, 0.1) is 0 Å². The van der Waals surface area contributed by atoms with Crippen LogP contribution < -0.4 is 15.1 Å². The summed E-state index contributed by atoms with van der Waals surface area (Å²) in [5, 5.41) is 10.2. The van der Waals surface area contributed by atoms with E-state index in [4.69, 9.17) is 13.9 Å². The number of ether oxygens (including phenoxy) is 2. The first-order chi connectivity index (χ1) is 8.54. The fourth-order valence-corrected chi connectivity index (χ4v) is 1.69. The summed E-state index contributed by atoms with van der Waals surface area (Å²) in [6.45, 7) is 3.67. The minimum absolute atomic E-state index is 0.00167. The van der Waals surface area contributed by atoms with Crippen molar-refractivity contribution in [3.63, 3.8) is 0 Å². The third kappa shape index (κ3) is 1.99. The van der Waals surface area contributed by atoms with Crippen LogP contribution in [0.3, 0.4) is 0 Å². The van der Waals surface area contributed by atoms with E-state index in [0.717, 1.165) is 0 Å². The Morgan fingerprint density at radius 3 is 2.61 bits per heavy atom. The van der Waals surface area contributed by atoms with Gasteiger partial charge < -0.3 is 19.0 Å². The molecule has 0 atom stereocenters. The largest absolute Gasteiger partial charge is 0.504 e. The highest BCUT2D eigenvalue weighted by atomic mass is 16.5. The van der Waals surface area contributed by atoms with Gasteiger partial charge in [0, 0.05) is 0 Å². The van der Waals surface area contributed by atoms with Crippen molar-refractivity contribution in [2.45, 2.75) is 20.0 Å². The first kappa shape index (κ1) is 12.3. The Labute approximate surface area is 104 Å². The van der Waals surface area contributed by atoms with E-state index in [1.807, 2.05) is 13.8 Å². The number of hydrogen-bond acceptors (Lipinski definition) is 5. The number of methoxy groups -OCH3 is 1. The summed E-state index contributed by atoms with van der Waals surface area (Å²) in [7, 11) is 1.37. The Kier molecular flexibility index (Phi) is 3.14. The molecule has 0 unspecified atom stereocenters. The van der Waals surface area contributed by atoms with Gasteiger partial charge in [-0.05, 0) is 26.0 Å². The molecule has 0 radical (unpaired) electrons. The molecule has 0 saturated heterocycles. The van der Waals surface area contributed by atoms with Crippen molar-refractivity contribution < 1.29 is 19.0 Å². The molecule has 96 valence electrons. The second-order valence-corrected chi connectivity index (χ2v) is 4.07. The molecule has 0 aliphatic heterocycles. The monoisotopic (exact) mass is 250 g/mol. The Hall–Kier alpha value is -2.17. The third-order valence-electron chi connectivity index (χ3n) is 2.38. The van der Waals surface area contributed by atoms with Crippen molar-refractivity contribution in [1.29, 1.82) is 0 Å². The molecule has 0 aliphatic carbocycles. The van der Waals surface area contributed by atoms with Gasteiger partial charge in [0.2, 0.25) is 5.75 Å². The summed E-state index contributed by atoms with van der Waals surface area (Å²) >= 11 is 0. The molecule has 5 nitrogen and oxygen atoms in total. The van der Waals surface area contributed by atoms with Crippen LogP contribution in [-0.2, 0) is 0 Å². The molecule has 0 saturated carbocycles. The van der Waals surface area contributed by atoms with E-state index < -0.39 is 5.63 Å². The summed E-state index contributed by atoms with van der Waals surface area (Å²) < 4.78 is 15.6. The number of fused-ring (bicyclic) bond motifs is 1. The molecule has 1 aromatic carbocycles. The summed E-state index contributed by atoms with van der Waals surface area (Å²) in [5.41, 5.74) is -0.582. The molecule has 1 aromatic heterocycles. The lowest BCUT2D eigenvalue weighted by Crippen LogP contribution is -2.12. The predicted octanol–water partition coefficient (Wildman–Crippen LogP) is 2.29. The zero-order chi connectivity index (χ0) is 13.3. The van der Waals surface area contributed by atoms with E-state index in [1.54, 1.807) is 12.1 Å². The second kappa shape index (κ2) is 4.60. The molecule has 0 aliphatic rings. The molecule has 0 amide bonds. The predicted molar refractivity (Wildman–Crippen MR) is 66.5 cm³/mol. The van der Waals surface area contributed by atoms with Crippen LogP contribution in [0.15, 0.2) is 27.4 Å². The van der Waals surface area contributed by atoms with Gasteiger partial charge in [0.05, 0.1) is 18.6 Å². The van der Waals surface area contributed by atoms with Gasteiger partial charge >= 0.3 is 5.63 Å². The van der Waals surface area contributed by atoms with Crippen LogP contribution in [0.25, 0.3) is 11.0 Å². The second-order valence-electron chi connectivity index (χ2n) is 4.07. The average Bonchev–Trinajstić information content (AvgIpc) is 2.30. The van der Waals surface area contributed by atoms with Crippen molar-refractivity contribution in [2.75, 3.05) is 7.11 Å². The summed E-state index contributed by atoms with van der Waals surface area (Å²) in [5.74, 6) is 0.178. The van der Waals surface area contributed by atoms with E-state index in [0.29, 0.717) is 5.39 Å². The minimum atomic E-state index is -0.679. The van der Waals surface area contributed by atoms with Gasteiger partial charge in [-0.1, -0.05) is 6.07 Å². The fourth-order valence-electron chi connectivity index (χ4n) is 1.69. The average molecular weight is 250 g/mol. The number of phenols is 1. The van der Waals surface area contributed by atoms with Gasteiger partial charge in [-0.15, -0.1) is 0 Å². The lowest BCUT2D eigenvalue weighted by molar-refractivity contribution is 0.229. The van der Waals surface area contributed by atoms with E-state index in [9.17, 15) is 9.90 Å². The molecule has 0 spiro atoms. The molecule has 0 fully saturated rings. The molecule has 1 N–H and O–H groups in total. The highest BCUT2D eigenvalue weighted by molar-refractivity contribution is 5.89. The van der Waals surface area contributed by atoms with Crippen molar-refractivity contribution in [3.8, 4) is 17.2 Å². The molecular formula is C13H14O5. The van der Waals surface area contributed by atoms with Crippen LogP contribution in [-0.4, -0.2) is 18.3 Å². The maximum Gasteiger partial charge on any atom is 0.383 e. The molecule has 18 heavy (non-hydrogen) atoms. The molecule has 2 rings (SSSR count). The minimum Gasteiger partial charge on any atom is -0.504 e. The molecule has 1 heterocycles. The van der Waals surface area contributed by atoms with Gasteiger partial charge in [0.15, 0.2) is 17.1 Å². The first-order valence-corrected chi connectivity index (χ1v) is 5.54. The van der Waals surface area contributed by atoms with Crippen molar-refractivity contribution >= 4 is 11.0 Å². The van der Waals surface area contributed by atoms with Gasteiger partial charge in [-0.2, -0.15) is 0 Å². The highest BCUT2D eigenvalue weighted by Crippen LogP contribution is 2.36. The number of benzene rings is 1. The SMILES string of the molecule is COc1c(OC(C)C)c2cccc(O)c2oc1=O. The number of aromatic hydroxyl groups is 1. The summed E-state index contributed by atoms with van der Waals surface area (Å²) in [6.07, 6.45) is -0.133. The number of para-hydroxylation sites is 1. The quantitative estimate of drug-likeness (QED) is 0.846. The smallest absolute Gasteiger partial charge is 0.383 e. The van der Waals surface area contributed by atoms with Crippen LogP contribution in [0.5, 0.6) is 17.2 Å². The van der Waals surface area contributed by atoms with Crippen molar-refractivity contribution in [1.82, 2.24) is 0 Å². The number of rotatable bonds is 3. The lowest BCUT2D eigenvalue weighted by Gasteiger charge is -2.14. The zero-order valence-corrected chi connectivity index (χ0v) is 10.4. The van der Waals surface area contributed by atoms with Gasteiger partial charge in [-0.3, -0.25) is 0 Å². The Morgan fingerprint density at radius 2 is 2.00 bits per heavy atom. The number of phenolic OH excluding ortho intramolecular Hbond substituents is 1. The van der Waals surface area contributed by atoms with E-state index >= 15 is 0 Å². The van der Waals surface area contributed by atoms with E-state index in [2.05, 4.69) is 0 Å². The lowest BCUT2D eigenvalue weighted by atomic mass is 10.2. The van der Waals surface area contributed by atoms with Crippen molar-refractivity contribution in [3.05, 3.63) is 28.6 Å². The van der Waals surface area contributed by atoms with Gasteiger partial charge in [0.25, 0.3) is 0 Å². The van der Waals surface area contributed by atoms with Gasteiger partial charge in [-0.25, -0.2) is 4.79 Å². The molecule has 2 aromatic rings. The summed E-state index contributed by atoms with van der Waals surface area (Å²) in [6, 6.07) is 4.78. The number of hydrogen-bond donors (Lipinski definition) is 1. The highest BCUT2D eigenvalue weighted by Gasteiger charge is 2.19. The Bertz CT molecular complexity index is 627. The standard InChI is InChI=1S/C13H14O5/c1-7(2)17-11-8-5-4-6-9(14)10(8)18-13(15)12(11)16-3/h4-7,14H,1-3H3. The van der Waals surface area contributed by atoms with E-state index in [-0.39, 0.29) is 28.9 Å². The van der Waals surface area contributed by atoms with Gasteiger partial charge in [0.1, 0.15) is 0 Å². The zero-order valence-electron chi connectivity index (χ0n) is 10.4. The Balaban J connectivity index is 2.84. The van der Waals surface area contributed by atoms with Crippen LogP contribution in [0.2, 0.25) is 0 Å². The summed E-state index contributed by atoms with van der Waals surface area (Å²) in [4.78, 5) is 11.7.